The van der Waals surface area contributed by atoms with Gasteiger partial charge in [-0.1, -0.05) is 61.5 Å². The minimum atomic E-state index is -0.149. The molecule has 0 spiro atoms. The lowest BCUT2D eigenvalue weighted by molar-refractivity contribution is -0.117. The minimum absolute atomic E-state index is 0.0181. The molecule has 0 aliphatic heterocycles. The Labute approximate surface area is 154 Å². The third-order valence-electron chi connectivity index (χ3n) is 4.22. The first kappa shape index (κ1) is 17.6. The van der Waals surface area contributed by atoms with E-state index >= 15 is 0 Å². The summed E-state index contributed by atoms with van der Waals surface area (Å²) >= 11 is 0. The molecule has 0 saturated carbocycles. The van der Waals surface area contributed by atoms with Crippen molar-refractivity contribution in [2.45, 2.75) is 19.3 Å². The zero-order chi connectivity index (χ0) is 18.2. The Morgan fingerprint density at radius 3 is 2.54 bits per heavy atom. The number of carbonyl (C=O) groups excluding carboxylic acids is 1. The number of aromatic nitrogens is 1. The molecule has 1 heterocycles. The fourth-order valence-electron chi connectivity index (χ4n) is 2.86. The van der Waals surface area contributed by atoms with Gasteiger partial charge in [0.15, 0.2) is 0 Å². The zero-order valence-corrected chi connectivity index (χ0v) is 14.8. The van der Waals surface area contributed by atoms with Crippen LogP contribution in [0.5, 0.6) is 0 Å². The lowest BCUT2D eigenvalue weighted by Gasteiger charge is -2.15. The van der Waals surface area contributed by atoms with Crippen molar-refractivity contribution in [2.24, 2.45) is 0 Å². The van der Waals surface area contributed by atoms with E-state index in [1.54, 1.807) is 6.20 Å². The number of amides is 1. The normalized spacial score (nSPS) is 12.0. The molecule has 1 aromatic heterocycles. The van der Waals surface area contributed by atoms with Gasteiger partial charge in [-0.2, -0.15) is 0 Å². The van der Waals surface area contributed by atoms with Crippen molar-refractivity contribution in [1.29, 1.82) is 0 Å². The standard InChI is InChI=1S/C23H22N2O/c1-2-22(19-10-4-3-5-11-19)23(26)25-21-13-8-9-18(17-21)14-15-20-12-6-7-16-24-20/h3-17,22H,2H2,1H3,(H,25,26)/b15-14+. The van der Waals surface area contributed by atoms with Crippen molar-refractivity contribution in [3.8, 4) is 0 Å². The molecule has 0 radical (unpaired) electrons. The number of hydrogen-bond acceptors (Lipinski definition) is 2. The average Bonchev–Trinajstić information content (AvgIpc) is 2.69. The predicted molar refractivity (Wildman–Crippen MR) is 108 cm³/mol. The van der Waals surface area contributed by atoms with Gasteiger partial charge in [0, 0.05) is 11.9 Å². The molecule has 0 aliphatic carbocycles. The van der Waals surface area contributed by atoms with Crippen molar-refractivity contribution in [2.75, 3.05) is 5.32 Å². The highest BCUT2D eigenvalue weighted by molar-refractivity contribution is 5.96. The van der Waals surface area contributed by atoms with Crippen LogP contribution in [0.3, 0.4) is 0 Å². The third-order valence-corrected chi connectivity index (χ3v) is 4.22. The maximum atomic E-state index is 12.7. The summed E-state index contributed by atoms with van der Waals surface area (Å²) in [6.07, 6.45) is 6.48. The quantitative estimate of drug-likeness (QED) is 0.653. The summed E-state index contributed by atoms with van der Waals surface area (Å²) in [5, 5.41) is 3.04. The van der Waals surface area contributed by atoms with E-state index in [0.717, 1.165) is 28.9 Å². The lowest BCUT2D eigenvalue weighted by Crippen LogP contribution is -2.20. The van der Waals surface area contributed by atoms with Crippen LogP contribution in [0.1, 0.15) is 36.1 Å². The van der Waals surface area contributed by atoms with Crippen molar-refractivity contribution < 1.29 is 4.79 Å². The SMILES string of the molecule is CCC(C(=O)Nc1cccc(/C=C/c2ccccn2)c1)c1ccccc1. The molecule has 0 saturated heterocycles. The Bertz CT molecular complexity index is 873. The first-order chi connectivity index (χ1) is 12.8. The molecule has 0 bridgehead atoms. The monoisotopic (exact) mass is 342 g/mol. The zero-order valence-electron chi connectivity index (χ0n) is 14.8. The number of carbonyl (C=O) groups is 1. The molecule has 26 heavy (non-hydrogen) atoms. The van der Waals surface area contributed by atoms with E-state index in [4.69, 9.17) is 0 Å². The number of rotatable bonds is 6. The molecule has 2 aromatic carbocycles. The molecule has 1 amide bonds. The van der Waals surface area contributed by atoms with Crippen LogP contribution in [-0.2, 0) is 4.79 Å². The second-order valence-corrected chi connectivity index (χ2v) is 6.07. The summed E-state index contributed by atoms with van der Waals surface area (Å²) < 4.78 is 0. The smallest absolute Gasteiger partial charge is 0.231 e. The van der Waals surface area contributed by atoms with Crippen LogP contribution in [0.25, 0.3) is 12.2 Å². The van der Waals surface area contributed by atoms with Gasteiger partial charge in [-0.05, 0) is 47.9 Å². The average molecular weight is 342 g/mol. The van der Waals surface area contributed by atoms with Crippen molar-refractivity contribution in [1.82, 2.24) is 4.98 Å². The number of hydrogen-bond donors (Lipinski definition) is 1. The van der Waals surface area contributed by atoms with Gasteiger partial charge in [0.25, 0.3) is 0 Å². The van der Waals surface area contributed by atoms with Gasteiger partial charge in [-0.25, -0.2) is 0 Å². The Balaban J connectivity index is 1.72. The van der Waals surface area contributed by atoms with Gasteiger partial charge < -0.3 is 5.32 Å². The topological polar surface area (TPSA) is 42.0 Å². The Hall–Kier alpha value is -3.20. The van der Waals surface area contributed by atoms with Gasteiger partial charge in [0.05, 0.1) is 11.6 Å². The van der Waals surface area contributed by atoms with Crippen LogP contribution in [0.4, 0.5) is 5.69 Å². The van der Waals surface area contributed by atoms with E-state index in [2.05, 4.69) is 10.3 Å². The second-order valence-electron chi connectivity index (χ2n) is 6.07. The summed E-state index contributed by atoms with van der Waals surface area (Å²) in [6.45, 7) is 2.03. The van der Waals surface area contributed by atoms with E-state index in [1.165, 1.54) is 0 Å². The van der Waals surface area contributed by atoms with Crippen molar-refractivity contribution in [3.05, 3.63) is 95.8 Å². The Morgan fingerprint density at radius 1 is 1.00 bits per heavy atom. The maximum Gasteiger partial charge on any atom is 0.231 e. The van der Waals surface area contributed by atoms with Gasteiger partial charge in [-0.3, -0.25) is 9.78 Å². The van der Waals surface area contributed by atoms with E-state index in [1.807, 2.05) is 91.9 Å². The maximum absolute atomic E-state index is 12.7. The first-order valence-electron chi connectivity index (χ1n) is 8.81. The van der Waals surface area contributed by atoms with E-state index in [0.29, 0.717) is 0 Å². The van der Waals surface area contributed by atoms with Crippen LogP contribution in [0.15, 0.2) is 79.0 Å². The highest BCUT2D eigenvalue weighted by Crippen LogP contribution is 2.22. The third kappa shape index (κ3) is 4.67. The van der Waals surface area contributed by atoms with E-state index in [9.17, 15) is 4.79 Å². The molecule has 3 heteroatoms. The molecule has 130 valence electrons. The Kier molecular flexibility index (Phi) is 5.94. The molecule has 0 aliphatic rings. The number of nitrogens with one attached hydrogen (secondary N) is 1. The molecule has 1 N–H and O–H groups in total. The Morgan fingerprint density at radius 2 is 1.81 bits per heavy atom. The number of benzene rings is 2. The van der Waals surface area contributed by atoms with Crippen molar-refractivity contribution >= 4 is 23.7 Å². The second kappa shape index (κ2) is 8.77. The molecule has 1 unspecified atom stereocenters. The number of anilines is 1. The number of pyridine rings is 1. The molecular weight excluding hydrogens is 320 g/mol. The van der Waals surface area contributed by atoms with Crippen LogP contribution in [-0.4, -0.2) is 10.9 Å². The first-order valence-corrected chi connectivity index (χ1v) is 8.81. The molecule has 3 aromatic rings. The van der Waals surface area contributed by atoms with Gasteiger partial charge in [0.2, 0.25) is 5.91 Å². The summed E-state index contributed by atoms with van der Waals surface area (Å²) in [7, 11) is 0. The molecule has 0 fully saturated rings. The fourth-order valence-corrected chi connectivity index (χ4v) is 2.86. The largest absolute Gasteiger partial charge is 0.326 e. The van der Waals surface area contributed by atoms with Crippen LogP contribution in [0, 0.1) is 0 Å². The molecule has 1 atom stereocenters. The predicted octanol–water partition coefficient (Wildman–Crippen LogP) is 5.38. The fraction of sp³-hybridized carbons (Fsp3) is 0.130. The van der Waals surface area contributed by atoms with Gasteiger partial charge in [0.1, 0.15) is 0 Å². The summed E-state index contributed by atoms with van der Waals surface area (Å²) in [4.78, 5) is 17.0. The van der Waals surface area contributed by atoms with Crippen LogP contribution in [0.2, 0.25) is 0 Å². The lowest BCUT2D eigenvalue weighted by atomic mass is 9.95. The van der Waals surface area contributed by atoms with E-state index in [-0.39, 0.29) is 11.8 Å². The van der Waals surface area contributed by atoms with Crippen LogP contribution >= 0.6 is 0 Å². The van der Waals surface area contributed by atoms with Crippen LogP contribution < -0.4 is 5.32 Å². The summed E-state index contributed by atoms with van der Waals surface area (Å²) in [5.41, 5.74) is 3.75. The molecule has 3 nitrogen and oxygen atoms in total. The minimum Gasteiger partial charge on any atom is -0.326 e. The van der Waals surface area contributed by atoms with Crippen molar-refractivity contribution in [3.63, 3.8) is 0 Å². The molecular formula is C23H22N2O. The molecule has 3 rings (SSSR count). The summed E-state index contributed by atoms with van der Waals surface area (Å²) in [6, 6.07) is 23.5. The highest BCUT2D eigenvalue weighted by Gasteiger charge is 2.18. The number of nitrogens with zero attached hydrogens (tertiary/aromatic N) is 1. The highest BCUT2D eigenvalue weighted by atomic mass is 16.1. The van der Waals surface area contributed by atoms with E-state index < -0.39 is 0 Å². The summed E-state index contributed by atoms with van der Waals surface area (Å²) in [5.74, 6) is -0.131. The van der Waals surface area contributed by atoms with Gasteiger partial charge >= 0.3 is 0 Å². The van der Waals surface area contributed by atoms with Gasteiger partial charge in [-0.15, -0.1) is 0 Å².